The van der Waals surface area contributed by atoms with E-state index < -0.39 is 72.1 Å². The minimum absolute atomic E-state index is 0.00245. The number of epoxide rings is 1. The van der Waals surface area contributed by atoms with Gasteiger partial charge in [-0.2, -0.15) is 0 Å². The van der Waals surface area contributed by atoms with E-state index >= 15 is 0 Å². The molecule has 1 spiro atoms. The third-order valence-electron chi connectivity index (χ3n) is 13.0. The zero-order valence-electron chi connectivity index (χ0n) is 38.1. The van der Waals surface area contributed by atoms with E-state index in [9.17, 15) is 24.6 Å². The first-order valence-corrected chi connectivity index (χ1v) is 21.4. The van der Waals surface area contributed by atoms with Crippen molar-refractivity contribution < 1.29 is 62.5 Å². The van der Waals surface area contributed by atoms with Crippen LogP contribution in [0.25, 0.3) is 0 Å². The third kappa shape index (κ3) is 14.1. The van der Waals surface area contributed by atoms with Crippen molar-refractivity contribution in [3.05, 3.63) is 48.2 Å². The summed E-state index contributed by atoms with van der Waals surface area (Å²) < 4.78 is 48.7. The van der Waals surface area contributed by atoms with Crippen LogP contribution in [0.3, 0.4) is 0 Å². The number of ether oxygens (including phenoxy) is 8. The smallest absolute Gasteiger partial charge is 0.331 e. The third-order valence-corrected chi connectivity index (χ3v) is 13.0. The van der Waals surface area contributed by atoms with Crippen LogP contribution in [0.1, 0.15) is 80.1 Å². The van der Waals surface area contributed by atoms with Gasteiger partial charge in [-0.25, -0.2) is 4.79 Å². The van der Waals surface area contributed by atoms with Gasteiger partial charge in [-0.1, -0.05) is 70.6 Å². The molecule has 1 amide bonds. The minimum Gasteiger partial charge on any atom is -0.458 e. The van der Waals surface area contributed by atoms with Crippen LogP contribution in [-0.4, -0.2) is 149 Å². The fourth-order valence-electron chi connectivity index (χ4n) is 8.91. The monoisotopic (exact) mass is 850 g/mol. The summed E-state index contributed by atoms with van der Waals surface area (Å²) in [5.41, 5.74) is -0.141. The maximum absolute atomic E-state index is 13.6. The van der Waals surface area contributed by atoms with Crippen LogP contribution in [0.5, 0.6) is 0 Å². The van der Waals surface area contributed by atoms with Crippen LogP contribution in [-0.2, 0) is 52.3 Å². The fraction of sp³-hybridized carbons (Fsp3) is 0.761. The molecule has 3 aliphatic heterocycles. The van der Waals surface area contributed by atoms with Gasteiger partial charge >= 0.3 is 5.97 Å². The lowest BCUT2D eigenvalue weighted by molar-refractivity contribution is -0.159. The number of rotatable bonds is 17. The normalized spacial score (nSPS) is 35.3. The van der Waals surface area contributed by atoms with Gasteiger partial charge in [0.15, 0.2) is 0 Å². The lowest BCUT2D eigenvalue weighted by Gasteiger charge is -2.39. The van der Waals surface area contributed by atoms with Gasteiger partial charge in [0.2, 0.25) is 6.41 Å². The van der Waals surface area contributed by atoms with E-state index in [2.05, 4.69) is 6.08 Å². The molecule has 1 fully saturated rings. The minimum atomic E-state index is -0.978. The number of cyclic esters (lactones) is 1. The maximum Gasteiger partial charge on any atom is 0.331 e. The first-order valence-electron chi connectivity index (χ1n) is 21.4. The first-order chi connectivity index (χ1) is 28.5. The van der Waals surface area contributed by atoms with E-state index in [0.29, 0.717) is 50.7 Å². The number of aliphatic hydroxyl groups excluding tert-OH is 2. The number of esters is 1. The Balaban J connectivity index is 1.90. The molecule has 60 heavy (non-hydrogen) atoms. The Kier molecular flexibility index (Phi) is 21.3. The summed E-state index contributed by atoms with van der Waals surface area (Å²) in [6, 6.07) is 0. The van der Waals surface area contributed by atoms with Crippen molar-refractivity contribution in [2.45, 2.75) is 147 Å². The summed E-state index contributed by atoms with van der Waals surface area (Å²) >= 11 is 0. The molecule has 0 aliphatic carbocycles. The first kappa shape index (κ1) is 51.6. The van der Waals surface area contributed by atoms with E-state index in [-0.39, 0.29) is 42.4 Å². The lowest BCUT2D eigenvalue weighted by atomic mass is 9.78. The second-order valence-electron chi connectivity index (χ2n) is 17.2. The highest BCUT2D eigenvalue weighted by Gasteiger charge is 2.59. The average Bonchev–Trinajstić information content (AvgIpc) is 4.05. The maximum atomic E-state index is 13.6. The second kappa shape index (κ2) is 24.7. The van der Waals surface area contributed by atoms with Crippen LogP contribution in [0.4, 0.5) is 0 Å². The van der Waals surface area contributed by atoms with Crippen LogP contribution in [0.2, 0.25) is 0 Å². The molecule has 1 unspecified atom stereocenters. The molecule has 0 aromatic heterocycles. The Labute approximate surface area is 358 Å². The number of carbonyl (C=O) groups is 3. The molecular weight excluding hydrogens is 774 g/mol. The molecule has 3 rings (SSSR count). The molecule has 1 saturated heterocycles. The Hall–Kier alpha value is -2.79. The molecule has 3 aliphatic rings. The van der Waals surface area contributed by atoms with Gasteiger partial charge in [0, 0.05) is 104 Å². The van der Waals surface area contributed by atoms with Crippen molar-refractivity contribution in [1.82, 2.24) is 4.90 Å². The number of allylic oxidation sites excluding steroid dienone is 2. The number of aliphatic hydroxyl groups is 2. The number of ketones is 1. The molecule has 16 atom stereocenters. The van der Waals surface area contributed by atoms with E-state index in [4.69, 9.17) is 37.9 Å². The summed E-state index contributed by atoms with van der Waals surface area (Å²) in [5, 5.41) is 23.0. The lowest BCUT2D eigenvalue weighted by Crippen LogP contribution is -2.50. The standard InChI is InChI=1S/C46H75NO13/c1-28-16-19-42(51)60-45(33(6)43(52)29(2)17-18-36(49)31(4)44(57-12)30(3)20-21-47(7)27-48)32(5)38(53-8)25-41(56-11)46(26-58-46)40(55-10)24-35-15-13-14-34(59-35)23-39(54-9)37(50)22-28/h13-14,16,19-22,27,29-35,37-41,43-45,50,52H,15,17-18,23-26H2,1-12H3/b19-16+,21-20+,28-22+/t29-,30+,31-,32-,33-,34-,35-,37-,38+,39?,40-,41-,43-,44+,45-,46-/m0/s1. The molecule has 0 saturated carbocycles. The van der Waals surface area contributed by atoms with Crippen molar-refractivity contribution in [2.75, 3.05) is 49.2 Å². The average molecular weight is 850 g/mol. The highest BCUT2D eigenvalue weighted by molar-refractivity contribution is 5.82. The van der Waals surface area contributed by atoms with Crippen molar-refractivity contribution in [3.63, 3.8) is 0 Å². The number of hydrogen-bond acceptors (Lipinski definition) is 13. The van der Waals surface area contributed by atoms with Crippen molar-refractivity contribution >= 4 is 18.2 Å². The molecule has 342 valence electrons. The topological polar surface area (TPSA) is 172 Å². The van der Waals surface area contributed by atoms with E-state index in [1.807, 2.05) is 46.8 Å². The van der Waals surface area contributed by atoms with Gasteiger partial charge in [-0.05, 0) is 25.7 Å². The molecule has 2 bridgehead atoms. The van der Waals surface area contributed by atoms with Crippen LogP contribution in [0.15, 0.2) is 48.2 Å². The number of methoxy groups -OCH3 is 5. The molecule has 14 heteroatoms. The predicted molar refractivity (Wildman–Crippen MR) is 227 cm³/mol. The Morgan fingerprint density at radius 2 is 1.65 bits per heavy atom. The molecule has 3 heterocycles. The number of nitrogens with zero attached hydrogens (tertiary/aromatic N) is 1. The van der Waals surface area contributed by atoms with Gasteiger partial charge in [0.25, 0.3) is 0 Å². The van der Waals surface area contributed by atoms with E-state index in [1.54, 1.807) is 67.9 Å². The Morgan fingerprint density at radius 3 is 2.23 bits per heavy atom. The number of amides is 1. The Morgan fingerprint density at radius 1 is 1.00 bits per heavy atom. The van der Waals surface area contributed by atoms with Gasteiger partial charge < -0.3 is 53.0 Å². The van der Waals surface area contributed by atoms with E-state index in [1.165, 1.54) is 11.0 Å². The van der Waals surface area contributed by atoms with Crippen molar-refractivity contribution in [1.29, 1.82) is 0 Å². The van der Waals surface area contributed by atoms with Crippen LogP contribution in [0, 0.1) is 29.6 Å². The summed E-state index contributed by atoms with van der Waals surface area (Å²) in [7, 11) is 9.65. The molecule has 14 nitrogen and oxygen atoms in total. The Bertz CT molecular complexity index is 1460. The van der Waals surface area contributed by atoms with Gasteiger partial charge in [0.1, 0.15) is 17.5 Å². The second-order valence-corrected chi connectivity index (χ2v) is 17.2. The molecular formula is C46H75NO13. The molecule has 0 aromatic carbocycles. The number of Topliss-reactive ketones (excluding diaryl/α,β-unsaturated/α-hetero) is 1. The predicted octanol–water partition coefficient (Wildman–Crippen LogP) is 5.00. The van der Waals surface area contributed by atoms with Gasteiger partial charge in [-0.15, -0.1) is 0 Å². The SMILES string of the molecule is COC1C[C@@H]2C=CC[C@@H](C[C@H](OC)[C@@]3(CO3)[C@@H](OC)C[C@@H](OC)[C@H](C)[C@@H]([C@@H](C)[C@@H](O)[C@@H](C)CCC(=O)[C@H](C)[C@H](OC)[C@H](C)/C=C/N(C)C=O)OC(=O)/C=C/C(C)=C/[C@@H]1O)O2. The fourth-order valence-corrected chi connectivity index (χ4v) is 8.91. The van der Waals surface area contributed by atoms with Crippen LogP contribution < -0.4 is 0 Å². The van der Waals surface area contributed by atoms with Crippen molar-refractivity contribution in [3.8, 4) is 0 Å². The molecule has 0 radical (unpaired) electrons. The van der Waals surface area contributed by atoms with E-state index in [0.717, 1.165) is 0 Å². The number of hydrogen-bond donors (Lipinski definition) is 2. The van der Waals surface area contributed by atoms with Crippen LogP contribution >= 0.6 is 0 Å². The summed E-state index contributed by atoms with van der Waals surface area (Å²) in [5.74, 6) is -2.55. The summed E-state index contributed by atoms with van der Waals surface area (Å²) in [6.45, 7) is 11.6. The summed E-state index contributed by atoms with van der Waals surface area (Å²) in [6.07, 6.45) is 9.91. The van der Waals surface area contributed by atoms with Crippen molar-refractivity contribution in [2.24, 2.45) is 29.6 Å². The van der Waals surface area contributed by atoms with Gasteiger partial charge in [0.05, 0.1) is 61.5 Å². The highest BCUT2D eigenvalue weighted by Crippen LogP contribution is 2.43. The highest BCUT2D eigenvalue weighted by atomic mass is 16.6. The zero-order chi connectivity index (χ0) is 44.7. The summed E-state index contributed by atoms with van der Waals surface area (Å²) in [4.78, 5) is 39.5. The van der Waals surface area contributed by atoms with Gasteiger partial charge in [-0.3, -0.25) is 9.59 Å². The molecule has 0 aromatic rings. The number of carbonyl (C=O) groups excluding carboxylic acids is 3. The zero-order valence-corrected chi connectivity index (χ0v) is 38.1. The largest absolute Gasteiger partial charge is 0.458 e. The quantitative estimate of drug-likeness (QED) is 0.0869. The molecule has 2 N–H and O–H groups in total. The number of fused-ring (bicyclic) bond motifs is 2.